The topological polar surface area (TPSA) is 59.2 Å². The first kappa shape index (κ1) is 9.96. The van der Waals surface area contributed by atoms with Gasteiger partial charge >= 0.3 is 0 Å². The highest BCUT2D eigenvalue weighted by Crippen LogP contribution is 2.20. The summed E-state index contributed by atoms with van der Waals surface area (Å²) in [5, 5.41) is 0. The zero-order valence-electron chi connectivity index (χ0n) is 8.60. The number of carbonyl (C=O) groups excluding carboxylic acids is 1. The molecule has 0 aliphatic carbocycles. The molecule has 1 aliphatic heterocycles. The molecule has 1 aromatic rings. The van der Waals surface area contributed by atoms with Crippen molar-refractivity contribution < 1.29 is 4.79 Å². The molecule has 1 aliphatic rings. The Hall–Kier alpha value is -1.58. The van der Waals surface area contributed by atoms with Crippen molar-refractivity contribution in [2.75, 3.05) is 23.7 Å². The molecule has 2 heterocycles. The number of carbonyl (C=O) groups is 1. The van der Waals surface area contributed by atoms with Gasteiger partial charge in [-0.2, -0.15) is 0 Å². The lowest BCUT2D eigenvalue weighted by molar-refractivity contribution is -0.111. The summed E-state index contributed by atoms with van der Waals surface area (Å²) in [6.45, 7) is 1.81. The number of nitrogen functional groups attached to an aromatic ring is 1. The lowest BCUT2D eigenvalue weighted by atomic mass is 9.99. The summed E-state index contributed by atoms with van der Waals surface area (Å²) in [6, 6.07) is 3.78. The van der Waals surface area contributed by atoms with Gasteiger partial charge in [-0.25, -0.2) is 4.98 Å². The molecule has 0 aromatic carbocycles. The summed E-state index contributed by atoms with van der Waals surface area (Å²) in [4.78, 5) is 17.1. The Balaban J connectivity index is 2.01. The predicted molar refractivity (Wildman–Crippen MR) is 59.7 cm³/mol. The van der Waals surface area contributed by atoms with Gasteiger partial charge in [-0.3, -0.25) is 0 Å². The normalized spacial score (nSPS) is 17.7. The van der Waals surface area contributed by atoms with E-state index in [4.69, 9.17) is 5.73 Å². The van der Waals surface area contributed by atoms with Gasteiger partial charge < -0.3 is 15.4 Å². The van der Waals surface area contributed by atoms with E-state index in [1.165, 1.54) is 0 Å². The third-order valence-corrected chi connectivity index (χ3v) is 2.83. The van der Waals surface area contributed by atoms with Crippen molar-refractivity contribution in [3.8, 4) is 0 Å². The van der Waals surface area contributed by atoms with E-state index < -0.39 is 0 Å². The van der Waals surface area contributed by atoms with Crippen LogP contribution in [0.3, 0.4) is 0 Å². The van der Waals surface area contributed by atoms with Crippen LogP contribution in [0.4, 0.5) is 11.5 Å². The molecule has 80 valence electrons. The SMILES string of the molecule is Nc1ccc(N2CCC(C=O)CC2)nc1. The van der Waals surface area contributed by atoms with Crippen LogP contribution in [0.2, 0.25) is 0 Å². The molecule has 0 amide bonds. The third-order valence-electron chi connectivity index (χ3n) is 2.83. The minimum absolute atomic E-state index is 0.232. The van der Waals surface area contributed by atoms with E-state index in [9.17, 15) is 4.79 Å². The summed E-state index contributed by atoms with van der Waals surface area (Å²) >= 11 is 0. The number of piperidine rings is 1. The zero-order chi connectivity index (χ0) is 10.7. The van der Waals surface area contributed by atoms with Crippen LogP contribution in [0.15, 0.2) is 18.3 Å². The average Bonchev–Trinajstić information content (AvgIpc) is 2.30. The highest BCUT2D eigenvalue weighted by atomic mass is 16.1. The van der Waals surface area contributed by atoms with Gasteiger partial charge in [0, 0.05) is 19.0 Å². The first-order chi connectivity index (χ1) is 7.29. The smallest absolute Gasteiger partial charge is 0.128 e. The Labute approximate surface area is 89.1 Å². The van der Waals surface area contributed by atoms with E-state index in [0.717, 1.165) is 38.0 Å². The summed E-state index contributed by atoms with van der Waals surface area (Å²) < 4.78 is 0. The fourth-order valence-corrected chi connectivity index (χ4v) is 1.85. The lowest BCUT2D eigenvalue weighted by Gasteiger charge is -2.30. The number of nitrogens with two attached hydrogens (primary N) is 1. The second-order valence-corrected chi connectivity index (χ2v) is 3.91. The van der Waals surface area contributed by atoms with Crippen LogP contribution in [0.5, 0.6) is 0 Å². The van der Waals surface area contributed by atoms with Gasteiger partial charge in [0.1, 0.15) is 12.1 Å². The van der Waals surface area contributed by atoms with Crippen LogP contribution in [0.1, 0.15) is 12.8 Å². The Morgan fingerprint density at radius 2 is 2.13 bits per heavy atom. The second-order valence-electron chi connectivity index (χ2n) is 3.91. The maximum absolute atomic E-state index is 10.6. The monoisotopic (exact) mass is 205 g/mol. The van der Waals surface area contributed by atoms with Crippen LogP contribution in [0.25, 0.3) is 0 Å². The molecule has 4 nitrogen and oxygen atoms in total. The largest absolute Gasteiger partial charge is 0.397 e. The van der Waals surface area contributed by atoms with Gasteiger partial charge in [0.2, 0.25) is 0 Å². The number of hydrogen-bond donors (Lipinski definition) is 1. The van der Waals surface area contributed by atoms with Crippen LogP contribution in [0, 0.1) is 5.92 Å². The van der Waals surface area contributed by atoms with Crippen molar-refractivity contribution in [1.82, 2.24) is 4.98 Å². The molecule has 1 aromatic heterocycles. The third kappa shape index (κ3) is 2.26. The molecule has 4 heteroatoms. The summed E-state index contributed by atoms with van der Waals surface area (Å²) in [5.74, 6) is 1.18. The summed E-state index contributed by atoms with van der Waals surface area (Å²) in [6.07, 6.45) is 4.58. The molecule has 0 radical (unpaired) electrons. The minimum Gasteiger partial charge on any atom is -0.397 e. The molecule has 2 rings (SSSR count). The Kier molecular flexibility index (Phi) is 2.85. The fourth-order valence-electron chi connectivity index (χ4n) is 1.85. The second kappa shape index (κ2) is 4.29. The van der Waals surface area contributed by atoms with E-state index in [2.05, 4.69) is 9.88 Å². The maximum Gasteiger partial charge on any atom is 0.128 e. The van der Waals surface area contributed by atoms with Crippen molar-refractivity contribution in [3.05, 3.63) is 18.3 Å². The van der Waals surface area contributed by atoms with Crippen molar-refractivity contribution in [1.29, 1.82) is 0 Å². The molecular weight excluding hydrogens is 190 g/mol. The molecule has 1 fully saturated rings. The number of anilines is 2. The van der Waals surface area contributed by atoms with Crippen molar-refractivity contribution >= 4 is 17.8 Å². The molecule has 15 heavy (non-hydrogen) atoms. The number of aldehydes is 1. The van der Waals surface area contributed by atoms with Crippen LogP contribution in [-0.2, 0) is 4.79 Å². The van der Waals surface area contributed by atoms with Crippen molar-refractivity contribution in [3.63, 3.8) is 0 Å². The van der Waals surface area contributed by atoms with Crippen LogP contribution >= 0.6 is 0 Å². The highest BCUT2D eigenvalue weighted by Gasteiger charge is 2.19. The molecule has 1 saturated heterocycles. The predicted octanol–water partition coefficient (Wildman–Crippen LogP) is 1.08. The van der Waals surface area contributed by atoms with Gasteiger partial charge in [-0.1, -0.05) is 0 Å². The van der Waals surface area contributed by atoms with E-state index >= 15 is 0 Å². The van der Waals surface area contributed by atoms with Crippen LogP contribution in [-0.4, -0.2) is 24.4 Å². The molecule has 0 unspecified atom stereocenters. The quantitative estimate of drug-likeness (QED) is 0.734. The van der Waals surface area contributed by atoms with E-state index in [1.54, 1.807) is 6.20 Å². The number of pyridine rings is 1. The summed E-state index contributed by atoms with van der Waals surface area (Å²) in [5.41, 5.74) is 6.25. The van der Waals surface area contributed by atoms with E-state index in [1.807, 2.05) is 12.1 Å². The van der Waals surface area contributed by atoms with Crippen molar-refractivity contribution in [2.24, 2.45) is 5.92 Å². The van der Waals surface area contributed by atoms with Gasteiger partial charge in [-0.15, -0.1) is 0 Å². The van der Waals surface area contributed by atoms with Gasteiger partial charge in [0.05, 0.1) is 11.9 Å². The number of rotatable bonds is 2. The molecule has 0 atom stereocenters. The van der Waals surface area contributed by atoms with E-state index in [0.29, 0.717) is 5.69 Å². The van der Waals surface area contributed by atoms with Gasteiger partial charge in [-0.05, 0) is 25.0 Å². The van der Waals surface area contributed by atoms with E-state index in [-0.39, 0.29) is 5.92 Å². The first-order valence-electron chi connectivity index (χ1n) is 5.21. The standard InChI is InChI=1S/C11H15N3O/c12-10-1-2-11(13-7-10)14-5-3-9(8-15)4-6-14/h1-2,7-9H,3-6,12H2. The van der Waals surface area contributed by atoms with Gasteiger partial charge in [0.25, 0.3) is 0 Å². The lowest BCUT2D eigenvalue weighted by Crippen LogP contribution is -2.34. The zero-order valence-corrected chi connectivity index (χ0v) is 8.60. The highest BCUT2D eigenvalue weighted by molar-refractivity contribution is 5.55. The molecular formula is C11H15N3O. The molecule has 0 spiro atoms. The Morgan fingerprint density at radius 3 is 2.67 bits per heavy atom. The Bertz CT molecular complexity index is 328. The first-order valence-corrected chi connectivity index (χ1v) is 5.21. The molecule has 2 N–H and O–H groups in total. The number of aromatic nitrogens is 1. The van der Waals surface area contributed by atoms with Crippen molar-refractivity contribution in [2.45, 2.75) is 12.8 Å². The summed E-state index contributed by atoms with van der Waals surface area (Å²) in [7, 11) is 0. The molecule has 0 bridgehead atoms. The number of nitrogens with zero attached hydrogens (tertiary/aromatic N) is 2. The maximum atomic E-state index is 10.6. The average molecular weight is 205 g/mol. The fraction of sp³-hybridized carbons (Fsp3) is 0.455. The molecule has 0 saturated carbocycles. The number of hydrogen-bond acceptors (Lipinski definition) is 4. The van der Waals surface area contributed by atoms with Gasteiger partial charge in [0.15, 0.2) is 0 Å². The Morgan fingerprint density at radius 1 is 1.40 bits per heavy atom. The minimum atomic E-state index is 0.232. The van der Waals surface area contributed by atoms with Crippen LogP contribution < -0.4 is 10.6 Å².